The SMILES string of the molecule is c1ccc([C@@H]([C@@H](COC(c2ccccc2)(c2ccccc2)c2ccccc2)Op2oc3ccc4ccccc4c3c3c(ccc4ccccc43)o2)P(c2ccccc2)c2ccccc2)cc1. The van der Waals surface area contributed by atoms with Crippen molar-refractivity contribution >= 4 is 70.3 Å². The van der Waals surface area contributed by atoms with Crippen molar-refractivity contribution in [2.45, 2.75) is 17.4 Å². The molecule has 0 saturated carbocycles. The molecule has 0 bridgehead atoms. The van der Waals surface area contributed by atoms with E-state index in [2.05, 4.69) is 255 Å². The number of benzene rings is 10. The number of rotatable bonds is 13. The largest absolute Gasteiger partial charge is 0.399 e. The number of fused-ring (bicyclic) bond motifs is 7. The van der Waals surface area contributed by atoms with Crippen molar-refractivity contribution in [2.75, 3.05) is 6.61 Å². The zero-order valence-corrected chi connectivity index (χ0v) is 37.9. The van der Waals surface area contributed by atoms with Crippen LogP contribution in [0.4, 0.5) is 0 Å². The van der Waals surface area contributed by atoms with Crippen LogP contribution in [0.5, 0.6) is 0 Å². The Balaban J connectivity index is 1.18. The maximum Gasteiger partial charge on any atom is 0.387 e. The maximum absolute atomic E-state index is 7.79. The molecule has 0 aliphatic heterocycles. The summed E-state index contributed by atoms with van der Waals surface area (Å²) in [7, 11) is -3.22. The van der Waals surface area contributed by atoms with Crippen LogP contribution in [0.15, 0.2) is 263 Å². The van der Waals surface area contributed by atoms with Crippen LogP contribution in [-0.4, -0.2) is 12.7 Å². The number of hydrogen-bond donors (Lipinski definition) is 0. The molecule has 0 aliphatic rings. The molecule has 1 aromatic heterocycles. The molecule has 0 N–H and O–H groups in total. The van der Waals surface area contributed by atoms with Crippen molar-refractivity contribution in [3.63, 3.8) is 0 Å². The second-order valence-electron chi connectivity index (χ2n) is 16.4. The van der Waals surface area contributed by atoms with E-state index in [4.69, 9.17) is 17.7 Å². The Morgan fingerprint density at radius 1 is 0.409 bits per heavy atom. The molecular weight excluding hydrogens is 847 g/mol. The van der Waals surface area contributed by atoms with E-state index in [1.54, 1.807) is 0 Å². The minimum atomic E-state index is -2.09. The van der Waals surface area contributed by atoms with Gasteiger partial charge in [-0.1, -0.05) is 243 Å². The average Bonchev–Trinajstić information content (AvgIpc) is 3.56. The zero-order chi connectivity index (χ0) is 44.1. The molecule has 1 heterocycles. The Kier molecular flexibility index (Phi) is 11.9. The van der Waals surface area contributed by atoms with E-state index in [1.807, 2.05) is 0 Å². The summed E-state index contributed by atoms with van der Waals surface area (Å²) in [6.07, 6.45) is -0.605. The Morgan fingerprint density at radius 2 is 0.788 bits per heavy atom. The van der Waals surface area contributed by atoms with E-state index >= 15 is 0 Å². The van der Waals surface area contributed by atoms with Gasteiger partial charge in [-0.25, -0.2) is 0 Å². The third-order valence-electron chi connectivity index (χ3n) is 12.4. The molecule has 0 unspecified atom stereocenters. The van der Waals surface area contributed by atoms with Crippen molar-refractivity contribution in [2.24, 2.45) is 0 Å². The summed E-state index contributed by atoms with van der Waals surface area (Å²) in [6, 6.07) is 89.5. The molecule has 66 heavy (non-hydrogen) atoms. The van der Waals surface area contributed by atoms with Crippen LogP contribution >= 0.6 is 16.2 Å². The molecule has 2 atom stereocenters. The van der Waals surface area contributed by atoms with Gasteiger partial charge in [0.05, 0.1) is 6.61 Å². The standard InChI is InChI=1S/C60H46O4P2/c1-7-25-46(26-8-1)59(65(50-33-15-5-16-34-50)51-35-17-6-18-36-51)56(43-61-60(47-27-9-2-10-28-47,48-29-11-3-12-30-48)49-31-13-4-14-32-49)64-66-62-54-41-39-44-23-19-21-37-52(44)57(54)58-53-38-22-20-24-45(53)40-42-55(58)63-66/h1-42,56,59H,43H2/t56-,59+/m1/s1. The molecule has 0 aliphatic carbocycles. The summed E-state index contributed by atoms with van der Waals surface area (Å²) in [5, 5.41) is 8.86. The lowest BCUT2D eigenvalue weighted by Gasteiger charge is -2.39. The first-order valence-electron chi connectivity index (χ1n) is 22.4. The Hall–Kier alpha value is -7.03. The molecule has 320 valence electrons. The molecular formula is C60H46O4P2. The molecule has 11 aromatic rings. The van der Waals surface area contributed by atoms with E-state index in [9.17, 15) is 0 Å². The van der Waals surface area contributed by atoms with Gasteiger partial charge in [-0.05, 0) is 74.5 Å². The topological polar surface area (TPSA) is 44.7 Å². The van der Waals surface area contributed by atoms with Gasteiger partial charge in [0.1, 0.15) is 22.9 Å². The van der Waals surface area contributed by atoms with E-state index in [0.717, 1.165) is 54.6 Å². The lowest BCUT2D eigenvalue weighted by molar-refractivity contribution is -0.0227. The van der Waals surface area contributed by atoms with Crippen molar-refractivity contribution in [3.05, 3.63) is 277 Å². The third kappa shape index (κ3) is 8.04. The minimum Gasteiger partial charge on any atom is -0.399 e. The van der Waals surface area contributed by atoms with Crippen molar-refractivity contribution in [3.8, 4) is 0 Å². The second-order valence-corrected chi connectivity index (χ2v) is 19.7. The minimum absolute atomic E-state index is 0.178. The predicted molar refractivity (Wildman–Crippen MR) is 275 cm³/mol. The van der Waals surface area contributed by atoms with Crippen molar-refractivity contribution in [1.82, 2.24) is 0 Å². The van der Waals surface area contributed by atoms with Gasteiger partial charge in [0.15, 0.2) is 0 Å². The molecule has 0 amide bonds. The van der Waals surface area contributed by atoms with Crippen molar-refractivity contribution < 1.29 is 17.7 Å². The lowest BCUT2D eigenvalue weighted by Crippen LogP contribution is -2.39. The van der Waals surface area contributed by atoms with Crippen LogP contribution < -0.4 is 15.1 Å². The van der Waals surface area contributed by atoms with Gasteiger partial charge in [-0.15, -0.1) is 0 Å². The number of hydrogen-bond acceptors (Lipinski definition) is 4. The van der Waals surface area contributed by atoms with Crippen LogP contribution in [0.1, 0.15) is 27.9 Å². The van der Waals surface area contributed by atoms with Gasteiger partial charge in [0.25, 0.3) is 0 Å². The van der Waals surface area contributed by atoms with Crippen LogP contribution in [0.2, 0.25) is 0 Å². The summed E-state index contributed by atoms with van der Waals surface area (Å²) in [6.45, 7) is 0.178. The monoisotopic (exact) mass is 892 g/mol. The summed E-state index contributed by atoms with van der Waals surface area (Å²) < 4.78 is 29.8. The third-order valence-corrected chi connectivity index (χ3v) is 16.5. The smallest absolute Gasteiger partial charge is 0.387 e. The lowest BCUT2D eigenvalue weighted by atomic mass is 9.80. The highest BCUT2D eigenvalue weighted by Crippen LogP contribution is 2.54. The van der Waals surface area contributed by atoms with Gasteiger partial charge >= 0.3 is 8.24 Å². The summed E-state index contributed by atoms with van der Waals surface area (Å²) in [4.78, 5) is 0. The Bertz CT molecular complexity index is 3170. The second kappa shape index (κ2) is 18.8. The van der Waals surface area contributed by atoms with Gasteiger partial charge < -0.3 is 13.1 Å². The fraction of sp³-hybridized carbons (Fsp3) is 0.0667. The summed E-state index contributed by atoms with van der Waals surface area (Å²) in [5.74, 6) is 0. The van der Waals surface area contributed by atoms with E-state index in [0.29, 0.717) is 11.2 Å². The number of ether oxygens (including phenoxy) is 1. The van der Waals surface area contributed by atoms with Gasteiger partial charge in [-0.3, -0.25) is 4.52 Å². The molecule has 10 aromatic carbocycles. The molecule has 0 spiro atoms. The molecule has 0 fully saturated rings. The van der Waals surface area contributed by atoms with E-state index in [-0.39, 0.29) is 12.3 Å². The molecule has 0 radical (unpaired) electrons. The predicted octanol–water partition coefficient (Wildman–Crippen LogP) is 15.3. The molecule has 4 nitrogen and oxygen atoms in total. The van der Waals surface area contributed by atoms with Gasteiger partial charge in [0, 0.05) is 16.4 Å². The van der Waals surface area contributed by atoms with Crippen LogP contribution in [0.3, 0.4) is 0 Å². The first-order valence-corrected chi connectivity index (χ1v) is 24.9. The summed E-state index contributed by atoms with van der Waals surface area (Å²) >= 11 is 0. The quantitative estimate of drug-likeness (QED) is 0.0854. The van der Waals surface area contributed by atoms with Gasteiger partial charge in [-0.2, -0.15) is 0 Å². The first kappa shape index (κ1) is 41.7. The fourth-order valence-corrected chi connectivity index (χ4v) is 13.6. The average molecular weight is 893 g/mol. The molecule has 11 rings (SSSR count). The molecule has 6 heteroatoms. The van der Waals surface area contributed by atoms with Crippen molar-refractivity contribution in [1.29, 1.82) is 0 Å². The summed E-state index contributed by atoms with van der Waals surface area (Å²) in [5.41, 5.74) is 4.37. The zero-order valence-electron chi connectivity index (χ0n) is 36.1. The Morgan fingerprint density at radius 3 is 1.23 bits per heavy atom. The first-order chi connectivity index (χ1) is 32.7. The van der Waals surface area contributed by atoms with Gasteiger partial charge in [0.2, 0.25) is 0 Å². The maximum atomic E-state index is 7.79. The normalized spacial score (nSPS) is 12.7. The Labute approximate surface area is 387 Å². The highest BCUT2D eigenvalue weighted by Gasteiger charge is 2.42. The van der Waals surface area contributed by atoms with Crippen LogP contribution in [0, 0.1) is 0 Å². The van der Waals surface area contributed by atoms with Crippen LogP contribution in [-0.2, 0) is 10.3 Å². The van der Waals surface area contributed by atoms with E-state index in [1.165, 1.54) is 10.6 Å². The fourth-order valence-electron chi connectivity index (χ4n) is 9.49. The van der Waals surface area contributed by atoms with E-state index < -0.39 is 27.9 Å². The molecule has 0 saturated heterocycles. The highest BCUT2D eigenvalue weighted by atomic mass is 31.1. The highest BCUT2D eigenvalue weighted by molar-refractivity contribution is 7.73. The van der Waals surface area contributed by atoms with Crippen LogP contribution in [0.25, 0.3) is 43.5 Å².